The van der Waals surface area contributed by atoms with Crippen molar-refractivity contribution in [1.29, 1.82) is 0 Å². The predicted octanol–water partition coefficient (Wildman–Crippen LogP) is 5.02. The average molecular weight is 306 g/mol. The second-order valence-electron chi connectivity index (χ2n) is 5.86. The van der Waals surface area contributed by atoms with Crippen LogP contribution in [-0.4, -0.2) is 5.78 Å². The van der Waals surface area contributed by atoms with Crippen LogP contribution in [-0.2, 0) is 0 Å². The van der Waals surface area contributed by atoms with Crippen LogP contribution >= 0.6 is 0 Å². The predicted molar refractivity (Wildman–Crippen MR) is 96.1 cm³/mol. The van der Waals surface area contributed by atoms with Crippen molar-refractivity contribution < 1.29 is 4.79 Å². The highest BCUT2D eigenvalue weighted by atomic mass is 16.1. The summed E-state index contributed by atoms with van der Waals surface area (Å²) in [6.45, 7) is 2.15. The van der Waals surface area contributed by atoms with Crippen LogP contribution in [0.2, 0.25) is 0 Å². The number of unbranched alkanes of at least 4 members (excludes halogenated alkanes) is 2. The molecule has 23 heavy (non-hydrogen) atoms. The molecule has 1 aliphatic heterocycles. The lowest BCUT2D eigenvalue weighted by atomic mass is 9.98. The highest BCUT2D eigenvalue weighted by Gasteiger charge is 2.08. The van der Waals surface area contributed by atoms with Gasteiger partial charge in [-0.1, -0.05) is 56.2 Å². The van der Waals surface area contributed by atoms with Crippen LogP contribution in [0.15, 0.2) is 48.7 Å². The average Bonchev–Trinajstić information content (AvgIpc) is 2.61. The first-order chi connectivity index (χ1) is 11.3. The summed E-state index contributed by atoms with van der Waals surface area (Å²) >= 11 is 0. The molecular formula is C20H22N2O. The van der Waals surface area contributed by atoms with Crippen molar-refractivity contribution >= 4 is 17.5 Å². The lowest BCUT2D eigenvalue weighted by Gasteiger charge is -2.15. The molecule has 3 nitrogen and oxygen atoms in total. The number of hydrogen-bond donors (Lipinski definition) is 2. The normalized spacial score (nSPS) is 12.2. The first kappa shape index (κ1) is 15.3. The van der Waals surface area contributed by atoms with E-state index < -0.39 is 0 Å². The summed E-state index contributed by atoms with van der Waals surface area (Å²) in [6.07, 6.45) is 7.80. The van der Waals surface area contributed by atoms with E-state index in [4.69, 9.17) is 0 Å². The maximum Gasteiger partial charge on any atom is 0.162 e. The smallest absolute Gasteiger partial charge is 0.162 e. The van der Waals surface area contributed by atoms with Crippen LogP contribution in [0.4, 0.5) is 5.69 Å². The van der Waals surface area contributed by atoms with Crippen LogP contribution in [0.3, 0.4) is 0 Å². The SMILES string of the molecule is CCCCCC(=O)c1ccc(-c2ccc3c(c2)NNC=C3)cc1. The molecule has 0 unspecified atom stereocenters. The van der Waals surface area contributed by atoms with Gasteiger partial charge in [-0.05, 0) is 29.7 Å². The molecule has 2 aromatic rings. The Kier molecular flexibility index (Phi) is 4.77. The molecule has 0 bridgehead atoms. The molecule has 3 rings (SSSR count). The van der Waals surface area contributed by atoms with Crippen LogP contribution < -0.4 is 10.9 Å². The lowest BCUT2D eigenvalue weighted by Crippen LogP contribution is -2.17. The zero-order chi connectivity index (χ0) is 16.1. The highest BCUT2D eigenvalue weighted by Crippen LogP contribution is 2.27. The van der Waals surface area contributed by atoms with E-state index in [2.05, 4.69) is 36.0 Å². The van der Waals surface area contributed by atoms with Gasteiger partial charge in [0.05, 0.1) is 5.69 Å². The van der Waals surface area contributed by atoms with E-state index in [0.29, 0.717) is 6.42 Å². The maximum absolute atomic E-state index is 12.1. The Morgan fingerprint density at radius 1 is 1.00 bits per heavy atom. The molecule has 0 spiro atoms. The first-order valence-electron chi connectivity index (χ1n) is 8.23. The second kappa shape index (κ2) is 7.14. The molecule has 0 saturated carbocycles. The minimum absolute atomic E-state index is 0.242. The van der Waals surface area contributed by atoms with Crippen molar-refractivity contribution in [2.24, 2.45) is 0 Å². The molecule has 1 heterocycles. The summed E-state index contributed by atoms with van der Waals surface area (Å²) in [6, 6.07) is 14.3. The molecule has 1 aliphatic rings. The van der Waals surface area contributed by atoms with Gasteiger partial charge in [0, 0.05) is 23.7 Å². The van der Waals surface area contributed by atoms with Gasteiger partial charge in [0.15, 0.2) is 5.78 Å². The van der Waals surface area contributed by atoms with Gasteiger partial charge in [0.25, 0.3) is 0 Å². The Labute approximate surface area is 137 Å². The summed E-state index contributed by atoms with van der Waals surface area (Å²) in [4.78, 5) is 12.1. The van der Waals surface area contributed by atoms with Crippen molar-refractivity contribution in [1.82, 2.24) is 5.43 Å². The van der Waals surface area contributed by atoms with Crippen molar-refractivity contribution in [2.45, 2.75) is 32.6 Å². The van der Waals surface area contributed by atoms with Crippen LogP contribution in [0.25, 0.3) is 17.2 Å². The minimum atomic E-state index is 0.242. The summed E-state index contributed by atoms with van der Waals surface area (Å²) < 4.78 is 0. The number of nitrogens with one attached hydrogen (secondary N) is 2. The third-order valence-electron chi connectivity index (χ3n) is 4.15. The zero-order valence-electron chi connectivity index (χ0n) is 13.4. The molecule has 0 atom stereocenters. The number of rotatable bonds is 6. The van der Waals surface area contributed by atoms with E-state index in [-0.39, 0.29) is 5.78 Å². The fourth-order valence-corrected chi connectivity index (χ4v) is 2.77. The summed E-state index contributed by atoms with van der Waals surface area (Å²) in [7, 11) is 0. The van der Waals surface area contributed by atoms with Gasteiger partial charge in [-0.3, -0.25) is 4.79 Å². The molecule has 2 aromatic carbocycles. The summed E-state index contributed by atoms with van der Waals surface area (Å²) in [5.74, 6) is 0.242. The fraction of sp³-hybridized carbons (Fsp3) is 0.250. The molecule has 118 valence electrons. The van der Waals surface area contributed by atoms with E-state index >= 15 is 0 Å². The molecule has 0 aromatic heterocycles. The number of carbonyl (C=O) groups excluding carboxylic acids is 1. The Balaban J connectivity index is 1.74. The second-order valence-corrected chi connectivity index (χ2v) is 5.86. The molecule has 0 aliphatic carbocycles. The number of carbonyl (C=O) groups is 1. The number of anilines is 1. The Hall–Kier alpha value is -2.55. The Bertz CT molecular complexity index is 717. The van der Waals surface area contributed by atoms with Crippen LogP contribution in [0.1, 0.15) is 48.5 Å². The summed E-state index contributed by atoms with van der Waals surface area (Å²) in [5, 5.41) is 0. The zero-order valence-corrected chi connectivity index (χ0v) is 13.4. The van der Waals surface area contributed by atoms with E-state index in [0.717, 1.165) is 47.2 Å². The molecule has 0 radical (unpaired) electrons. The van der Waals surface area contributed by atoms with Crippen molar-refractivity contribution in [3.8, 4) is 11.1 Å². The van der Waals surface area contributed by atoms with E-state index in [1.54, 1.807) is 0 Å². The number of ketones is 1. The number of hydrogen-bond acceptors (Lipinski definition) is 3. The van der Waals surface area contributed by atoms with Gasteiger partial charge in [0.1, 0.15) is 0 Å². The molecule has 2 N–H and O–H groups in total. The number of fused-ring (bicyclic) bond motifs is 1. The van der Waals surface area contributed by atoms with E-state index in [1.807, 2.05) is 36.5 Å². The standard InChI is InChI=1S/C20H22N2O/c1-2-3-4-5-20(23)17-9-6-15(7-10-17)18-11-8-16-12-13-21-22-19(16)14-18/h6-14,21-22H,2-5H2,1H3. The third kappa shape index (κ3) is 3.62. The summed E-state index contributed by atoms with van der Waals surface area (Å²) in [5.41, 5.74) is 11.4. The van der Waals surface area contributed by atoms with Crippen molar-refractivity contribution in [2.75, 3.05) is 5.43 Å². The van der Waals surface area contributed by atoms with E-state index in [9.17, 15) is 4.79 Å². The van der Waals surface area contributed by atoms with Crippen molar-refractivity contribution in [3.63, 3.8) is 0 Å². The Morgan fingerprint density at radius 3 is 2.57 bits per heavy atom. The first-order valence-corrected chi connectivity index (χ1v) is 8.23. The molecule has 0 amide bonds. The van der Waals surface area contributed by atoms with E-state index in [1.165, 1.54) is 0 Å². The fourth-order valence-electron chi connectivity index (χ4n) is 2.77. The van der Waals surface area contributed by atoms with Gasteiger partial charge in [-0.15, -0.1) is 0 Å². The highest BCUT2D eigenvalue weighted by molar-refractivity contribution is 5.96. The Morgan fingerprint density at radius 2 is 1.78 bits per heavy atom. The lowest BCUT2D eigenvalue weighted by molar-refractivity contribution is 0.0979. The van der Waals surface area contributed by atoms with Gasteiger partial charge >= 0.3 is 0 Å². The third-order valence-corrected chi connectivity index (χ3v) is 4.15. The van der Waals surface area contributed by atoms with Gasteiger partial charge < -0.3 is 10.9 Å². The largest absolute Gasteiger partial charge is 0.308 e. The van der Waals surface area contributed by atoms with Crippen LogP contribution in [0, 0.1) is 0 Å². The monoisotopic (exact) mass is 306 g/mol. The van der Waals surface area contributed by atoms with Gasteiger partial charge in [-0.25, -0.2) is 0 Å². The number of hydrazine groups is 1. The molecule has 0 fully saturated rings. The maximum atomic E-state index is 12.1. The number of Topliss-reactive ketones (excluding diaryl/α,β-unsaturated/α-hetero) is 1. The molecular weight excluding hydrogens is 284 g/mol. The quantitative estimate of drug-likeness (QED) is 0.582. The topological polar surface area (TPSA) is 41.1 Å². The van der Waals surface area contributed by atoms with Crippen molar-refractivity contribution in [3.05, 3.63) is 59.8 Å². The van der Waals surface area contributed by atoms with Gasteiger partial charge in [0.2, 0.25) is 0 Å². The number of benzene rings is 2. The minimum Gasteiger partial charge on any atom is -0.308 e. The van der Waals surface area contributed by atoms with Gasteiger partial charge in [-0.2, -0.15) is 0 Å². The molecule has 0 saturated heterocycles. The molecule has 3 heteroatoms. The van der Waals surface area contributed by atoms with Crippen LogP contribution in [0.5, 0.6) is 0 Å².